The van der Waals surface area contributed by atoms with Gasteiger partial charge < -0.3 is 14.8 Å². The smallest absolute Gasteiger partial charge is 0.128 e. The van der Waals surface area contributed by atoms with Crippen LogP contribution in [0.1, 0.15) is 24.1 Å². The average Bonchev–Trinajstić information content (AvgIpc) is 3.37. The van der Waals surface area contributed by atoms with E-state index in [1.807, 2.05) is 24.3 Å². The normalized spacial score (nSPS) is 14.0. The molecule has 0 radical (unpaired) electrons. The van der Waals surface area contributed by atoms with Gasteiger partial charge in [0.25, 0.3) is 0 Å². The summed E-state index contributed by atoms with van der Waals surface area (Å²) in [7, 11) is 3.34. The standard InChI is InChI=1S/C18H22N2O2/c1-12-13(11-19-14-5-6-14)4-8-17(20-12)16-10-15(21-2)7-9-18(16)22-3/h4,7-10,14,19H,5-6,11H2,1-3H3. The number of methoxy groups -OCH3 is 2. The number of hydrogen-bond donors (Lipinski definition) is 1. The molecule has 1 heterocycles. The van der Waals surface area contributed by atoms with Crippen molar-refractivity contribution >= 4 is 0 Å². The molecule has 0 saturated heterocycles. The summed E-state index contributed by atoms with van der Waals surface area (Å²) in [4.78, 5) is 4.75. The van der Waals surface area contributed by atoms with Gasteiger partial charge in [-0.15, -0.1) is 0 Å². The van der Waals surface area contributed by atoms with Gasteiger partial charge in [0.05, 0.1) is 19.9 Å². The van der Waals surface area contributed by atoms with Crippen molar-refractivity contribution in [2.24, 2.45) is 0 Å². The predicted octanol–water partition coefficient (Wildman–Crippen LogP) is 3.33. The van der Waals surface area contributed by atoms with Crippen LogP contribution in [-0.4, -0.2) is 25.2 Å². The van der Waals surface area contributed by atoms with Gasteiger partial charge in [-0.1, -0.05) is 6.07 Å². The van der Waals surface area contributed by atoms with Gasteiger partial charge in [0.15, 0.2) is 0 Å². The highest BCUT2D eigenvalue weighted by Crippen LogP contribution is 2.32. The van der Waals surface area contributed by atoms with Crippen molar-refractivity contribution in [3.63, 3.8) is 0 Å². The molecule has 1 aromatic heterocycles. The minimum absolute atomic E-state index is 0.706. The first-order valence-electron chi connectivity index (χ1n) is 7.63. The highest BCUT2D eigenvalue weighted by atomic mass is 16.5. The summed E-state index contributed by atoms with van der Waals surface area (Å²) in [6.07, 6.45) is 2.59. The summed E-state index contributed by atoms with van der Waals surface area (Å²) in [5.74, 6) is 1.60. The number of ether oxygens (including phenoxy) is 2. The van der Waals surface area contributed by atoms with Crippen molar-refractivity contribution in [1.82, 2.24) is 10.3 Å². The summed E-state index contributed by atoms with van der Waals surface area (Å²) >= 11 is 0. The summed E-state index contributed by atoms with van der Waals surface area (Å²) in [6, 6.07) is 10.7. The molecule has 2 aromatic rings. The fraction of sp³-hybridized carbons (Fsp3) is 0.389. The monoisotopic (exact) mass is 298 g/mol. The molecule has 3 rings (SSSR count). The van der Waals surface area contributed by atoms with E-state index in [9.17, 15) is 0 Å². The number of nitrogens with zero attached hydrogens (tertiary/aromatic N) is 1. The molecule has 0 bridgehead atoms. The van der Waals surface area contributed by atoms with Crippen molar-refractivity contribution in [3.05, 3.63) is 41.6 Å². The fourth-order valence-corrected chi connectivity index (χ4v) is 2.48. The molecular formula is C18H22N2O2. The summed E-state index contributed by atoms with van der Waals surface area (Å²) < 4.78 is 10.8. The molecule has 0 aliphatic heterocycles. The van der Waals surface area contributed by atoms with E-state index in [1.54, 1.807) is 14.2 Å². The fourth-order valence-electron chi connectivity index (χ4n) is 2.48. The lowest BCUT2D eigenvalue weighted by molar-refractivity contribution is 0.404. The summed E-state index contributed by atoms with van der Waals surface area (Å²) in [6.45, 7) is 2.94. The molecule has 4 nitrogen and oxygen atoms in total. The van der Waals surface area contributed by atoms with E-state index in [2.05, 4.69) is 18.3 Å². The van der Waals surface area contributed by atoms with E-state index >= 15 is 0 Å². The van der Waals surface area contributed by atoms with Crippen LogP contribution < -0.4 is 14.8 Å². The molecule has 22 heavy (non-hydrogen) atoms. The molecule has 0 atom stereocenters. The van der Waals surface area contributed by atoms with Crippen LogP contribution in [0.5, 0.6) is 11.5 Å². The first-order chi connectivity index (χ1) is 10.7. The number of pyridine rings is 1. The Balaban J connectivity index is 1.89. The van der Waals surface area contributed by atoms with Crippen LogP contribution >= 0.6 is 0 Å². The predicted molar refractivity (Wildman–Crippen MR) is 87.4 cm³/mol. The molecule has 116 valence electrons. The Morgan fingerprint density at radius 1 is 1.14 bits per heavy atom. The SMILES string of the molecule is COc1ccc(OC)c(-c2ccc(CNC3CC3)c(C)n2)c1. The number of benzene rings is 1. The van der Waals surface area contributed by atoms with Gasteiger partial charge in [-0.25, -0.2) is 0 Å². The van der Waals surface area contributed by atoms with Crippen molar-refractivity contribution in [3.8, 4) is 22.8 Å². The lowest BCUT2D eigenvalue weighted by Gasteiger charge is -2.12. The largest absolute Gasteiger partial charge is 0.497 e. The molecule has 1 aliphatic rings. The van der Waals surface area contributed by atoms with Gasteiger partial charge in [0.1, 0.15) is 11.5 Å². The van der Waals surface area contributed by atoms with Crippen LogP contribution in [0.2, 0.25) is 0 Å². The molecule has 1 N–H and O–H groups in total. The third kappa shape index (κ3) is 3.22. The second-order valence-electron chi connectivity index (χ2n) is 5.66. The van der Waals surface area contributed by atoms with Crippen LogP contribution in [0.4, 0.5) is 0 Å². The van der Waals surface area contributed by atoms with Gasteiger partial charge in [0.2, 0.25) is 0 Å². The van der Waals surface area contributed by atoms with Crippen molar-refractivity contribution in [2.75, 3.05) is 14.2 Å². The second-order valence-corrected chi connectivity index (χ2v) is 5.66. The molecular weight excluding hydrogens is 276 g/mol. The topological polar surface area (TPSA) is 43.4 Å². The zero-order chi connectivity index (χ0) is 15.5. The van der Waals surface area contributed by atoms with Gasteiger partial charge >= 0.3 is 0 Å². The Morgan fingerprint density at radius 2 is 1.95 bits per heavy atom. The van der Waals surface area contributed by atoms with Crippen molar-refractivity contribution in [1.29, 1.82) is 0 Å². The van der Waals surface area contributed by atoms with E-state index in [0.717, 1.165) is 35.0 Å². The van der Waals surface area contributed by atoms with Crippen LogP contribution in [-0.2, 0) is 6.54 Å². The Morgan fingerprint density at radius 3 is 2.59 bits per heavy atom. The molecule has 0 amide bonds. The van der Waals surface area contributed by atoms with Crippen molar-refractivity contribution < 1.29 is 9.47 Å². The first-order valence-corrected chi connectivity index (χ1v) is 7.63. The maximum Gasteiger partial charge on any atom is 0.128 e. The molecule has 1 saturated carbocycles. The van der Waals surface area contributed by atoms with Crippen molar-refractivity contribution in [2.45, 2.75) is 32.4 Å². The van der Waals surface area contributed by atoms with E-state index in [4.69, 9.17) is 14.5 Å². The number of hydrogen-bond acceptors (Lipinski definition) is 4. The zero-order valence-electron chi connectivity index (χ0n) is 13.3. The summed E-state index contributed by atoms with van der Waals surface area (Å²) in [5, 5.41) is 3.53. The second kappa shape index (κ2) is 6.36. The Bertz CT molecular complexity index is 666. The third-order valence-electron chi connectivity index (χ3n) is 4.04. The van der Waals surface area contributed by atoms with Gasteiger partial charge in [-0.2, -0.15) is 0 Å². The van der Waals surface area contributed by atoms with Crippen LogP contribution in [0.3, 0.4) is 0 Å². The number of aromatic nitrogens is 1. The summed E-state index contributed by atoms with van der Waals surface area (Å²) in [5.41, 5.74) is 4.16. The van der Waals surface area contributed by atoms with Crippen LogP contribution in [0.15, 0.2) is 30.3 Å². The zero-order valence-corrected chi connectivity index (χ0v) is 13.3. The number of aryl methyl sites for hydroxylation is 1. The lowest BCUT2D eigenvalue weighted by atomic mass is 10.1. The van der Waals surface area contributed by atoms with E-state index in [0.29, 0.717) is 6.04 Å². The molecule has 0 unspecified atom stereocenters. The Labute approximate surface area is 131 Å². The minimum Gasteiger partial charge on any atom is -0.497 e. The van der Waals surface area contributed by atoms with E-state index in [1.165, 1.54) is 18.4 Å². The maximum absolute atomic E-state index is 5.45. The van der Waals surface area contributed by atoms with Crippen LogP contribution in [0, 0.1) is 6.92 Å². The molecule has 1 fully saturated rings. The molecule has 1 aliphatic carbocycles. The minimum atomic E-state index is 0.706. The molecule has 4 heteroatoms. The Hall–Kier alpha value is -2.07. The Kier molecular flexibility index (Phi) is 4.29. The highest BCUT2D eigenvalue weighted by molar-refractivity contribution is 5.69. The first kappa shape index (κ1) is 14.9. The van der Waals surface area contributed by atoms with Gasteiger partial charge in [-0.05, 0) is 49.6 Å². The quantitative estimate of drug-likeness (QED) is 0.888. The van der Waals surface area contributed by atoms with Gasteiger partial charge in [-0.3, -0.25) is 4.98 Å². The molecule has 0 spiro atoms. The number of rotatable bonds is 6. The number of nitrogens with one attached hydrogen (secondary N) is 1. The third-order valence-corrected chi connectivity index (χ3v) is 4.04. The average molecular weight is 298 g/mol. The highest BCUT2D eigenvalue weighted by Gasteiger charge is 2.20. The van der Waals surface area contributed by atoms with Gasteiger partial charge in [0, 0.05) is 23.8 Å². The lowest BCUT2D eigenvalue weighted by Crippen LogP contribution is -2.16. The van der Waals surface area contributed by atoms with Crippen LogP contribution in [0.25, 0.3) is 11.3 Å². The van der Waals surface area contributed by atoms with E-state index in [-0.39, 0.29) is 0 Å². The maximum atomic E-state index is 5.45. The van der Waals surface area contributed by atoms with E-state index < -0.39 is 0 Å². The molecule has 1 aromatic carbocycles.